The van der Waals surface area contributed by atoms with E-state index in [4.69, 9.17) is 0 Å². The van der Waals surface area contributed by atoms with Gasteiger partial charge in [0, 0.05) is 4.90 Å². The van der Waals surface area contributed by atoms with Crippen LogP contribution in [0.5, 0.6) is 0 Å². The molecule has 16 heavy (non-hydrogen) atoms. The Morgan fingerprint density at radius 3 is 2.12 bits per heavy atom. The van der Waals surface area contributed by atoms with Crippen molar-refractivity contribution in [3.05, 3.63) is 54.6 Å². The van der Waals surface area contributed by atoms with Crippen LogP contribution < -0.4 is 0 Å². The summed E-state index contributed by atoms with van der Waals surface area (Å²) >= 11 is 0.587. The number of hydrogen-bond acceptors (Lipinski definition) is 1. The molecule has 0 aliphatic rings. The molecule has 0 spiro atoms. The van der Waals surface area contributed by atoms with E-state index in [1.165, 1.54) is 0 Å². The lowest BCUT2D eigenvalue weighted by Crippen LogP contribution is -1.86. The van der Waals surface area contributed by atoms with Crippen LogP contribution in [0.2, 0.25) is 0 Å². The van der Waals surface area contributed by atoms with E-state index in [1.807, 2.05) is 42.5 Å². The highest BCUT2D eigenvalue weighted by atomic mass is 32.2. The molecule has 0 aliphatic heterocycles. The fourth-order valence-electron chi connectivity index (χ4n) is 1.52. The second-order valence-electron chi connectivity index (χ2n) is 3.24. The molecule has 0 radical (unpaired) electrons. The molecule has 2 rings (SSSR count). The highest BCUT2D eigenvalue weighted by Gasteiger charge is 2.10. The van der Waals surface area contributed by atoms with Crippen molar-refractivity contribution in [3.8, 4) is 11.1 Å². The molecule has 0 unspecified atom stereocenters. The van der Waals surface area contributed by atoms with E-state index >= 15 is 0 Å². The molecule has 0 bridgehead atoms. The number of thioether (sulfide) groups is 1. The maximum absolute atomic E-state index is 12.4. The molecule has 0 aromatic heterocycles. The zero-order chi connectivity index (χ0) is 11.4. The van der Waals surface area contributed by atoms with E-state index in [2.05, 4.69) is 0 Å². The monoisotopic (exact) mass is 236 g/mol. The molecule has 82 valence electrons. The lowest BCUT2D eigenvalue weighted by Gasteiger charge is -2.08. The average Bonchev–Trinajstić information content (AvgIpc) is 2.30. The van der Waals surface area contributed by atoms with Gasteiger partial charge in [0.15, 0.2) is 0 Å². The number of alkyl halides is 2. The maximum atomic E-state index is 12.4. The van der Waals surface area contributed by atoms with Gasteiger partial charge in [-0.05, 0) is 17.2 Å². The minimum Gasteiger partial charge on any atom is -0.198 e. The van der Waals surface area contributed by atoms with Gasteiger partial charge in [-0.25, -0.2) is 0 Å². The van der Waals surface area contributed by atoms with E-state index in [9.17, 15) is 8.78 Å². The molecule has 0 saturated carbocycles. The number of benzene rings is 2. The van der Waals surface area contributed by atoms with Crippen LogP contribution in [0.1, 0.15) is 0 Å². The molecule has 0 heterocycles. The summed E-state index contributed by atoms with van der Waals surface area (Å²) in [5.74, 6) is -2.38. The van der Waals surface area contributed by atoms with E-state index < -0.39 is 5.76 Å². The smallest absolute Gasteiger partial charge is 0.198 e. The van der Waals surface area contributed by atoms with Crippen LogP contribution in [0, 0.1) is 0 Å². The molecule has 0 saturated heterocycles. The zero-order valence-electron chi connectivity index (χ0n) is 8.44. The third-order valence-electron chi connectivity index (χ3n) is 2.19. The summed E-state index contributed by atoms with van der Waals surface area (Å²) in [6, 6.07) is 16.8. The summed E-state index contributed by atoms with van der Waals surface area (Å²) in [5.41, 5.74) is 1.82. The molecular weight excluding hydrogens is 226 g/mol. The van der Waals surface area contributed by atoms with Gasteiger partial charge >= 0.3 is 0 Å². The first-order valence-electron chi connectivity index (χ1n) is 4.86. The summed E-state index contributed by atoms with van der Waals surface area (Å²) in [7, 11) is 0. The summed E-state index contributed by atoms with van der Waals surface area (Å²) in [6.45, 7) is 0. The summed E-state index contributed by atoms with van der Waals surface area (Å²) in [5, 5.41) is 0. The Balaban J connectivity index is 2.41. The van der Waals surface area contributed by atoms with Crippen LogP contribution in [0.15, 0.2) is 59.5 Å². The normalized spacial score (nSPS) is 10.7. The van der Waals surface area contributed by atoms with Gasteiger partial charge in [-0.15, -0.1) is 0 Å². The standard InChI is InChI=1S/C13H10F2S/c14-13(15)16-12-9-5-4-8-11(12)10-6-2-1-3-7-10/h1-9,13H. The van der Waals surface area contributed by atoms with E-state index in [-0.39, 0.29) is 0 Å². The lowest BCUT2D eigenvalue weighted by atomic mass is 10.1. The molecule has 0 amide bonds. The van der Waals surface area contributed by atoms with Gasteiger partial charge in [0.25, 0.3) is 5.76 Å². The first-order valence-corrected chi connectivity index (χ1v) is 5.74. The van der Waals surface area contributed by atoms with Crippen LogP contribution >= 0.6 is 11.8 Å². The van der Waals surface area contributed by atoms with Crippen molar-refractivity contribution in [2.45, 2.75) is 10.7 Å². The molecule has 3 heteroatoms. The first-order chi connectivity index (χ1) is 7.77. The summed E-state index contributed by atoms with van der Waals surface area (Å²) in [4.78, 5) is 0.615. The molecule has 0 aliphatic carbocycles. The zero-order valence-corrected chi connectivity index (χ0v) is 9.25. The van der Waals surface area contributed by atoms with Gasteiger partial charge in [0.2, 0.25) is 0 Å². The fourth-order valence-corrected chi connectivity index (χ4v) is 2.18. The van der Waals surface area contributed by atoms with Crippen LogP contribution in [-0.4, -0.2) is 5.76 Å². The predicted octanol–water partition coefficient (Wildman–Crippen LogP) is 4.67. The van der Waals surface area contributed by atoms with Crippen molar-refractivity contribution in [1.29, 1.82) is 0 Å². The summed E-state index contributed by atoms with van der Waals surface area (Å²) in [6.07, 6.45) is 0. The van der Waals surface area contributed by atoms with Crippen molar-refractivity contribution in [2.24, 2.45) is 0 Å². The van der Waals surface area contributed by atoms with E-state index in [0.29, 0.717) is 16.7 Å². The molecule has 2 aromatic carbocycles. The van der Waals surface area contributed by atoms with Crippen molar-refractivity contribution in [2.75, 3.05) is 0 Å². The Bertz CT molecular complexity index is 454. The van der Waals surface area contributed by atoms with Gasteiger partial charge in [0.1, 0.15) is 0 Å². The van der Waals surface area contributed by atoms with Crippen LogP contribution in [0.25, 0.3) is 11.1 Å². The highest BCUT2D eigenvalue weighted by molar-refractivity contribution is 7.99. The second kappa shape index (κ2) is 5.12. The maximum Gasteiger partial charge on any atom is 0.288 e. The van der Waals surface area contributed by atoms with Crippen molar-refractivity contribution in [3.63, 3.8) is 0 Å². The third-order valence-corrected chi connectivity index (χ3v) is 2.98. The minimum absolute atomic E-state index is 0.587. The molecule has 0 atom stereocenters. The van der Waals surface area contributed by atoms with E-state index in [0.717, 1.165) is 11.1 Å². The van der Waals surface area contributed by atoms with Crippen molar-refractivity contribution >= 4 is 11.8 Å². The Morgan fingerprint density at radius 1 is 0.812 bits per heavy atom. The molecular formula is C13H10F2S. The number of hydrogen-bond donors (Lipinski definition) is 0. The fraction of sp³-hybridized carbons (Fsp3) is 0.0769. The minimum atomic E-state index is -2.38. The lowest BCUT2D eigenvalue weighted by molar-refractivity contribution is 0.252. The SMILES string of the molecule is FC(F)Sc1ccccc1-c1ccccc1. The third kappa shape index (κ3) is 2.61. The van der Waals surface area contributed by atoms with Crippen LogP contribution in [0.4, 0.5) is 8.78 Å². The Hall–Kier alpha value is -1.35. The topological polar surface area (TPSA) is 0 Å². The average molecular weight is 236 g/mol. The van der Waals surface area contributed by atoms with Gasteiger partial charge in [-0.2, -0.15) is 8.78 Å². The van der Waals surface area contributed by atoms with Gasteiger partial charge in [-0.3, -0.25) is 0 Å². The van der Waals surface area contributed by atoms with Crippen molar-refractivity contribution in [1.82, 2.24) is 0 Å². The van der Waals surface area contributed by atoms with Crippen molar-refractivity contribution < 1.29 is 8.78 Å². The first kappa shape index (κ1) is 11.1. The molecule has 0 fully saturated rings. The molecule has 0 nitrogen and oxygen atoms in total. The largest absolute Gasteiger partial charge is 0.288 e. The number of halogens is 2. The Kier molecular flexibility index (Phi) is 3.57. The Labute approximate surface area is 97.3 Å². The van der Waals surface area contributed by atoms with Crippen LogP contribution in [0.3, 0.4) is 0 Å². The van der Waals surface area contributed by atoms with Gasteiger partial charge < -0.3 is 0 Å². The molecule has 0 N–H and O–H groups in total. The highest BCUT2D eigenvalue weighted by Crippen LogP contribution is 2.34. The Morgan fingerprint density at radius 2 is 1.44 bits per heavy atom. The molecule has 2 aromatic rings. The quantitative estimate of drug-likeness (QED) is 0.698. The van der Waals surface area contributed by atoms with Gasteiger partial charge in [-0.1, -0.05) is 60.3 Å². The summed E-state index contributed by atoms with van der Waals surface area (Å²) < 4.78 is 24.8. The van der Waals surface area contributed by atoms with Crippen LogP contribution in [-0.2, 0) is 0 Å². The van der Waals surface area contributed by atoms with E-state index in [1.54, 1.807) is 12.1 Å². The predicted molar refractivity (Wildman–Crippen MR) is 63.7 cm³/mol. The number of rotatable bonds is 3. The van der Waals surface area contributed by atoms with Gasteiger partial charge in [0.05, 0.1) is 0 Å². The second-order valence-corrected chi connectivity index (χ2v) is 4.27.